The molecule has 3 heterocycles. The molecule has 3 aromatic carbocycles. The number of hydrogen-bond acceptors (Lipinski definition) is 6. The fourth-order valence-electron chi connectivity index (χ4n) is 6.74. The summed E-state index contributed by atoms with van der Waals surface area (Å²) in [4.78, 5) is 42.7. The highest BCUT2D eigenvalue weighted by atomic mass is 16.6. The van der Waals surface area contributed by atoms with Crippen LogP contribution in [-0.2, 0) is 23.9 Å². The Morgan fingerprint density at radius 3 is 2.58 bits per heavy atom. The quantitative estimate of drug-likeness (QED) is 0.468. The summed E-state index contributed by atoms with van der Waals surface area (Å²) in [5.74, 6) is -2.89. The summed E-state index contributed by atoms with van der Waals surface area (Å²) in [7, 11) is 0. The van der Waals surface area contributed by atoms with Crippen molar-refractivity contribution in [2.75, 3.05) is 18.5 Å². The van der Waals surface area contributed by atoms with E-state index in [2.05, 4.69) is 5.32 Å². The van der Waals surface area contributed by atoms with Crippen molar-refractivity contribution in [3.8, 4) is 0 Å². The molecule has 3 saturated heterocycles. The van der Waals surface area contributed by atoms with Gasteiger partial charge in [0.05, 0.1) is 37.2 Å². The number of carbonyl (C=O) groups is 3. The number of esters is 1. The van der Waals surface area contributed by atoms with Gasteiger partial charge in [-0.3, -0.25) is 14.4 Å². The molecule has 0 aliphatic carbocycles. The van der Waals surface area contributed by atoms with E-state index in [1.54, 1.807) is 6.92 Å². The Balaban J connectivity index is 1.42. The van der Waals surface area contributed by atoms with Crippen molar-refractivity contribution in [3.05, 3.63) is 78.4 Å². The highest BCUT2D eigenvalue weighted by Crippen LogP contribution is 2.60. The summed E-state index contributed by atoms with van der Waals surface area (Å²) in [6.07, 6.45) is 0.532. The first-order valence-corrected chi connectivity index (χ1v) is 13.1. The third kappa shape index (κ3) is 3.70. The summed E-state index contributed by atoms with van der Waals surface area (Å²) in [5.41, 5.74) is 0.114. The van der Waals surface area contributed by atoms with Crippen molar-refractivity contribution < 1.29 is 29.0 Å². The van der Waals surface area contributed by atoms with Crippen molar-refractivity contribution >= 4 is 34.2 Å². The van der Waals surface area contributed by atoms with Gasteiger partial charge in [0, 0.05) is 5.69 Å². The Morgan fingerprint density at radius 2 is 1.84 bits per heavy atom. The van der Waals surface area contributed by atoms with Crippen LogP contribution in [0.4, 0.5) is 5.69 Å². The predicted octanol–water partition coefficient (Wildman–Crippen LogP) is 3.45. The maximum absolute atomic E-state index is 14.2. The van der Waals surface area contributed by atoms with Gasteiger partial charge in [0.25, 0.3) is 0 Å². The molecule has 0 unspecified atom stereocenters. The average Bonchev–Trinajstić information content (AvgIpc) is 3.57. The van der Waals surface area contributed by atoms with Crippen LogP contribution in [0.15, 0.2) is 72.8 Å². The normalized spacial score (nSPS) is 28.4. The number of aliphatic hydroxyl groups is 1. The third-order valence-corrected chi connectivity index (χ3v) is 8.26. The molecule has 38 heavy (non-hydrogen) atoms. The van der Waals surface area contributed by atoms with Crippen LogP contribution in [-0.4, -0.2) is 58.8 Å². The molecule has 2 bridgehead atoms. The van der Waals surface area contributed by atoms with Crippen LogP contribution in [0.5, 0.6) is 0 Å². The molecule has 6 rings (SSSR count). The number of ether oxygens (including phenoxy) is 2. The number of aliphatic hydroxyl groups excluding tert-OH is 1. The van der Waals surface area contributed by atoms with Crippen LogP contribution in [0.25, 0.3) is 10.8 Å². The lowest BCUT2D eigenvalue weighted by atomic mass is 9.70. The average molecular weight is 515 g/mol. The number of fused-ring (bicyclic) bond motifs is 2. The first-order chi connectivity index (χ1) is 18.5. The van der Waals surface area contributed by atoms with E-state index in [1.807, 2.05) is 72.8 Å². The molecular weight excluding hydrogens is 484 g/mol. The molecule has 8 nitrogen and oxygen atoms in total. The van der Waals surface area contributed by atoms with Crippen molar-refractivity contribution in [2.24, 2.45) is 11.8 Å². The van der Waals surface area contributed by atoms with Gasteiger partial charge in [-0.1, -0.05) is 60.7 Å². The molecule has 3 aromatic rings. The lowest BCUT2D eigenvalue weighted by molar-refractivity contribution is -0.155. The number of rotatable bonds is 7. The number of nitrogens with one attached hydrogen (secondary N) is 1. The van der Waals surface area contributed by atoms with Gasteiger partial charge in [-0.05, 0) is 48.2 Å². The van der Waals surface area contributed by atoms with Crippen molar-refractivity contribution in [1.29, 1.82) is 0 Å². The molecule has 2 N–H and O–H groups in total. The highest BCUT2D eigenvalue weighted by molar-refractivity contribution is 6.04. The van der Waals surface area contributed by atoms with Crippen LogP contribution in [0.2, 0.25) is 0 Å². The van der Waals surface area contributed by atoms with Gasteiger partial charge in [0.15, 0.2) is 0 Å². The Kier molecular flexibility index (Phi) is 6.16. The molecule has 3 aliphatic heterocycles. The SMILES string of the molecule is CCOC(=O)[C@@H]1[C@@H]2CC[C@]3(O2)[C@H](C(=O)Nc2ccc4ccccc4c2)N([C@H](CO)c2ccccc2)C(=O)[C@@H]13. The van der Waals surface area contributed by atoms with Crippen molar-refractivity contribution in [2.45, 2.75) is 43.6 Å². The fraction of sp³-hybridized carbons (Fsp3) is 0.367. The molecule has 2 amide bonds. The molecule has 0 radical (unpaired) electrons. The van der Waals surface area contributed by atoms with Gasteiger partial charge >= 0.3 is 5.97 Å². The molecule has 6 atom stereocenters. The van der Waals surface area contributed by atoms with Crippen LogP contribution in [0.3, 0.4) is 0 Å². The number of amides is 2. The lowest BCUT2D eigenvalue weighted by Gasteiger charge is -2.36. The Hall–Kier alpha value is -3.75. The number of anilines is 1. The second-order valence-corrected chi connectivity index (χ2v) is 10.2. The van der Waals surface area contributed by atoms with E-state index in [0.29, 0.717) is 24.1 Å². The second kappa shape index (κ2) is 9.53. The minimum atomic E-state index is -1.18. The third-order valence-electron chi connectivity index (χ3n) is 8.26. The van der Waals surface area contributed by atoms with Gasteiger partial charge in [-0.2, -0.15) is 0 Å². The Morgan fingerprint density at radius 1 is 1.11 bits per heavy atom. The minimum absolute atomic E-state index is 0.189. The minimum Gasteiger partial charge on any atom is -0.466 e. The van der Waals surface area contributed by atoms with Crippen molar-refractivity contribution in [3.63, 3.8) is 0 Å². The molecule has 8 heteroatoms. The second-order valence-electron chi connectivity index (χ2n) is 10.2. The maximum Gasteiger partial charge on any atom is 0.312 e. The first kappa shape index (κ1) is 24.6. The van der Waals surface area contributed by atoms with E-state index in [4.69, 9.17) is 9.47 Å². The fourth-order valence-corrected chi connectivity index (χ4v) is 6.74. The topological polar surface area (TPSA) is 105 Å². The van der Waals surface area contributed by atoms with Crippen LogP contribution < -0.4 is 5.32 Å². The molecule has 0 aromatic heterocycles. The van der Waals surface area contributed by atoms with Gasteiger partial charge in [-0.25, -0.2) is 0 Å². The number of hydrogen-bond donors (Lipinski definition) is 2. The number of likely N-dealkylation sites (tertiary alicyclic amines) is 1. The lowest BCUT2D eigenvalue weighted by Crippen LogP contribution is -2.54. The summed E-state index contributed by atoms with van der Waals surface area (Å²) in [5, 5.41) is 15.5. The molecule has 196 valence electrons. The van der Waals surface area contributed by atoms with Gasteiger partial charge < -0.3 is 24.8 Å². The molecule has 1 spiro atoms. The van der Waals surface area contributed by atoms with E-state index in [0.717, 1.165) is 10.8 Å². The zero-order valence-electron chi connectivity index (χ0n) is 21.1. The van der Waals surface area contributed by atoms with Crippen LogP contribution in [0.1, 0.15) is 31.4 Å². The zero-order chi connectivity index (χ0) is 26.4. The summed E-state index contributed by atoms with van der Waals surface area (Å²) < 4.78 is 11.8. The number of carbonyl (C=O) groups excluding carboxylic acids is 3. The molecule has 0 saturated carbocycles. The Labute approximate surface area is 220 Å². The summed E-state index contributed by atoms with van der Waals surface area (Å²) >= 11 is 0. The standard InChI is InChI=1S/C30H30N2O6/c1-2-37-29(36)24-23-14-15-30(38-23)25(24)28(35)32(22(17-33)19-9-4-3-5-10-19)26(30)27(34)31-21-13-12-18-8-6-7-11-20(18)16-21/h3-13,16,22-26,33H,2,14-15,17H2,1H3,(H,31,34)/t22-,23+,24-,25-,26+,30-/m1/s1. The van der Waals surface area contributed by atoms with Crippen LogP contribution in [0, 0.1) is 11.8 Å². The monoisotopic (exact) mass is 514 g/mol. The molecule has 3 aliphatic rings. The Bertz CT molecular complexity index is 1390. The van der Waals surface area contributed by atoms with E-state index in [9.17, 15) is 19.5 Å². The van der Waals surface area contributed by atoms with E-state index < -0.39 is 47.5 Å². The van der Waals surface area contributed by atoms with Gasteiger partial charge in [0.1, 0.15) is 11.6 Å². The highest BCUT2D eigenvalue weighted by Gasteiger charge is 2.75. The van der Waals surface area contributed by atoms with Gasteiger partial charge in [0.2, 0.25) is 11.8 Å². The van der Waals surface area contributed by atoms with Gasteiger partial charge in [-0.15, -0.1) is 0 Å². The number of benzene rings is 3. The zero-order valence-corrected chi connectivity index (χ0v) is 21.1. The molecule has 3 fully saturated rings. The maximum atomic E-state index is 14.2. The van der Waals surface area contributed by atoms with Crippen LogP contribution >= 0.6 is 0 Å². The van der Waals surface area contributed by atoms with E-state index in [-0.39, 0.29) is 19.1 Å². The molecular formula is C30H30N2O6. The smallest absolute Gasteiger partial charge is 0.312 e. The summed E-state index contributed by atoms with van der Waals surface area (Å²) in [6.45, 7) is 1.53. The summed E-state index contributed by atoms with van der Waals surface area (Å²) in [6, 6.07) is 20.8. The number of nitrogens with zero attached hydrogens (tertiary/aromatic N) is 1. The largest absolute Gasteiger partial charge is 0.466 e. The van der Waals surface area contributed by atoms with Crippen molar-refractivity contribution in [1.82, 2.24) is 4.90 Å². The predicted molar refractivity (Wildman–Crippen MR) is 140 cm³/mol. The first-order valence-electron chi connectivity index (χ1n) is 13.1. The van der Waals surface area contributed by atoms with E-state index in [1.165, 1.54) is 4.90 Å². The van der Waals surface area contributed by atoms with E-state index >= 15 is 0 Å².